The molecule has 0 aliphatic rings. The van der Waals surface area contributed by atoms with Crippen LogP contribution < -0.4 is 0 Å². The van der Waals surface area contributed by atoms with Gasteiger partial charge in [0.1, 0.15) is 0 Å². The lowest BCUT2D eigenvalue weighted by molar-refractivity contribution is -0.137. The van der Waals surface area contributed by atoms with Gasteiger partial charge in [-0.25, -0.2) is 0 Å². The summed E-state index contributed by atoms with van der Waals surface area (Å²) < 4.78 is 40.3. The minimum absolute atomic E-state index is 0.658. The lowest BCUT2D eigenvalue weighted by Crippen LogP contribution is -2.04. The van der Waals surface area contributed by atoms with Crippen molar-refractivity contribution in [1.29, 1.82) is 0 Å². The molecular formula is C19H13F3N3. The number of benzene rings is 2. The number of fused-ring (bicyclic) bond motifs is 1. The highest BCUT2D eigenvalue weighted by atomic mass is 19.4. The van der Waals surface area contributed by atoms with E-state index >= 15 is 0 Å². The van der Waals surface area contributed by atoms with Crippen molar-refractivity contribution in [3.8, 4) is 16.9 Å². The molecular weight excluding hydrogens is 327 g/mol. The normalized spacial score (nSPS) is 12.0. The Labute approximate surface area is 141 Å². The zero-order chi connectivity index (χ0) is 17.6. The number of hydrogen-bond acceptors (Lipinski definition) is 1. The van der Waals surface area contributed by atoms with Crippen LogP contribution >= 0.6 is 0 Å². The molecule has 1 N–H and O–H groups in total. The van der Waals surface area contributed by atoms with Crippen LogP contribution in [0.1, 0.15) is 11.3 Å². The van der Waals surface area contributed by atoms with Gasteiger partial charge < -0.3 is 4.57 Å². The van der Waals surface area contributed by atoms with Crippen LogP contribution in [-0.2, 0) is 6.18 Å². The smallest absolute Gasteiger partial charge is 0.313 e. The van der Waals surface area contributed by atoms with E-state index in [9.17, 15) is 13.2 Å². The maximum atomic E-state index is 12.8. The van der Waals surface area contributed by atoms with Crippen LogP contribution in [0.2, 0.25) is 0 Å². The molecule has 0 amide bonds. The first kappa shape index (κ1) is 15.5. The molecule has 1 radical (unpaired) electrons. The fraction of sp³-hybridized carbons (Fsp3) is 0.105. The van der Waals surface area contributed by atoms with Crippen molar-refractivity contribution in [1.82, 2.24) is 14.8 Å². The number of aromatic nitrogens is 3. The van der Waals surface area contributed by atoms with Crippen LogP contribution in [0.5, 0.6) is 0 Å². The van der Waals surface area contributed by atoms with Crippen molar-refractivity contribution in [2.45, 2.75) is 13.1 Å². The number of halogens is 3. The molecule has 2 aromatic carbocycles. The van der Waals surface area contributed by atoms with E-state index in [-0.39, 0.29) is 0 Å². The number of H-pyrrole nitrogens is 1. The number of alkyl halides is 3. The molecule has 0 aliphatic heterocycles. The molecule has 0 spiro atoms. The summed E-state index contributed by atoms with van der Waals surface area (Å²) in [5.74, 6) is 0. The summed E-state index contributed by atoms with van der Waals surface area (Å²) in [4.78, 5) is 0. The summed E-state index contributed by atoms with van der Waals surface area (Å²) in [7, 11) is 0. The van der Waals surface area contributed by atoms with Crippen molar-refractivity contribution in [3.05, 3.63) is 72.1 Å². The number of rotatable bonds is 2. The number of nitrogens with one attached hydrogen (secondary N) is 1. The number of hydrogen-bond donors (Lipinski definition) is 1. The molecule has 4 rings (SSSR count). The molecule has 0 bridgehead atoms. The molecule has 2 heterocycles. The number of aromatic amines is 1. The van der Waals surface area contributed by atoms with Gasteiger partial charge in [0.2, 0.25) is 0 Å². The van der Waals surface area contributed by atoms with Gasteiger partial charge in [-0.1, -0.05) is 12.1 Å². The average Bonchev–Trinajstić information content (AvgIpc) is 3.19. The molecule has 25 heavy (non-hydrogen) atoms. The lowest BCUT2D eigenvalue weighted by atomic mass is 10.1. The van der Waals surface area contributed by atoms with E-state index in [0.717, 1.165) is 40.1 Å². The van der Waals surface area contributed by atoms with Gasteiger partial charge in [0.25, 0.3) is 0 Å². The number of nitrogens with zero attached hydrogens (tertiary/aromatic N) is 2. The Morgan fingerprint density at radius 1 is 1.08 bits per heavy atom. The first-order valence-corrected chi connectivity index (χ1v) is 7.64. The van der Waals surface area contributed by atoms with Crippen LogP contribution in [0.15, 0.2) is 54.7 Å². The molecule has 0 atom stereocenters. The van der Waals surface area contributed by atoms with Crippen LogP contribution in [-0.4, -0.2) is 14.8 Å². The highest BCUT2D eigenvalue weighted by Crippen LogP contribution is 2.32. The summed E-state index contributed by atoms with van der Waals surface area (Å²) >= 11 is 0. The van der Waals surface area contributed by atoms with Crippen molar-refractivity contribution < 1.29 is 13.2 Å². The Morgan fingerprint density at radius 2 is 1.84 bits per heavy atom. The maximum absolute atomic E-state index is 12.8. The Morgan fingerprint density at radius 3 is 2.56 bits per heavy atom. The third-order valence-corrected chi connectivity index (χ3v) is 4.19. The zero-order valence-electron chi connectivity index (χ0n) is 13.2. The summed E-state index contributed by atoms with van der Waals surface area (Å²) in [6, 6.07) is 15.9. The van der Waals surface area contributed by atoms with E-state index in [1.54, 1.807) is 12.3 Å². The van der Waals surface area contributed by atoms with Gasteiger partial charge in [-0.3, -0.25) is 5.10 Å². The van der Waals surface area contributed by atoms with Crippen LogP contribution in [0, 0.1) is 13.0 Å². The van der Waals surface area contributed by atoms with Crippen molar-refractivity contribution in [2.24, 2.45) is 0 Å². The predicted octanol–water partition coefficient (Wildman–Crippen LogP) is 5.15. The predicted molar refractivity (Wildman–Crippen MR) is 89.4 cm³/mol. The molecule has 0 fully saturated rings. The Hall–Kier alpha value is -3.02. The summed E-state index contributed by atoms with van der Waals surface area (Å²) in [5, 5.41) is 7.93. The van der Waals surface area contributed by atoms with Crippen molar-refractivity contribution >= 4 is 10.9 Å². The third kappa shape index (κ3) is 2.69. The Bertz CT molecular complexity index is 1040. The topological polar surface area (TPSA) is 33.6 Å². The fourth-order valence-electron chi connectivity index (χ4n) is 2.92. The first-order chi connectivity index (χ1) is 11.9. The van der Waals surface area contributed by atoms with Gasteiger partial charge in [-0.05, 0) is 48.9 Å². The molecule has 2 aromatic heterocycles. The van der Waals surface area contributed by atoms with E-state index in [0.29, 0.717) is 5.56 Å². The maximum Gasteiger partial charge on any atom is 0.416 e. The second kappa shape index (κ2) is 5.51. The fourth-order valence-corrected chi connectivity index (χ4v) is 2.92. The third-order valence-electron chi connectivity index (χ3n) is 4.19. The Balaban J connectivity index is 1.82. The van der Waals surface area contributed by atoms with Gasteiger partial charge in [-0.15, -0.1) is 0 Å². The molecule has 125 valence electrons. The lowest BCUT2D eigenvalue weighted by Gasteiger charge is -2.13. The molecule has 0 saturated heterocycles. The molecule has 0 aliphatic carbocycles. The Kier molecular flexibility index (Phi) is 3.42. The average molecular weight is 340 g/mol. The summed E-state index contributed by atoms with van der Waals surface area (Å²) in [6.07, 6.45) is -2.60. The van der Waals surface area contributed by atoms with Gasteiger partial charge in [-0.2, -0.15) is 18.3 Å². The van der Waals surface area contributed by atoms with Crippen molar-refractivity contribution in [2.75, 3.05) is 0 Å². The quantitative estimate of drug-likeness (QED) is 0.538. The monoisotopic (exact) mass is 340 g/mol. The highest BCUT2D eigenvalue weighted by Gasteiger charge is 2.30. The van der Waals surface area contributed by atoms with E-state index in [1.165, 1.54) is 12.1 Å². The standard InChI is InChI=1S/C19H13F3N3/c1-12-2-9-18(13-3-6-15(7-4-13)19(20,21)22)25(12)16-8-5-14-11-23-24-17(14)10-16/h3-11H,1H3,(H,23,24). The minimum Gasteiger partial charge on any atom is -0.313 e. The molecule has 0 saturated carbocycles. The molecule has 3 nitrogen and oxygen atoms in total. The van der Waals surface area contributed by atoms with Crippen LogP contribution in [0.4, 0.5) is 13.2 Å². The van der Waals surface area contributed by atoms with E-state index < -0.39 is 11.7 Å². The van der Waals surface area contributed by atoms with E-state index in [1.807, 2.05) is 29.7 Å². The van der Waals surface area contributed by atoms with E-state index in [2.05, 4.69) is 16.3 Å². The van der Waals surface area contributed by atoms with Crippen LogP contribution in [0.3, 0.4) is 0 Å². The highest BCUT2D eigenvalue weighted by molar-refractivity contribution is 5.80. The van der Waals surface area contributed by atoms with E-state index in [4.69, 9.17) is 0 Å². The molecule has 6 heteroatoms. The van der Waals surface area contributed by atoms with Crippen LogP contribution in [0.25, 0.3) is 27.8 Å². The van der Waals surface area contributed by atoms with Gasteiger partial charge >= 0.3 is 6.18 Å². The second-order valence-corrected chi connectivity index (χ2v) is 5.81. The molecule has 4 aromatic rings. The van der Waals surface area contributed by atoms with Crippen molar-refractivity contribution in [3.63, 3.8) is 0 Å². The minimum atomic E-state index is -4.34. The summed E-state index contributed by atoms with van der Waals surface area (Å²) in [6.45, 7) is 1.91. The largest absolute Gasteiger partial charge is 0.416 e. The molecule has 0 unspecified atom stereocenters. The first-order valence-electron chi connectivity index (χ1n) is 7.64. The van der Waals surface area contributed by atoms with Gasteiger partial charge in [0.15, 0.2) is 0 Å². The number of aryl methyl sites for hydroxylation is 1. The second-order valence-electron chi connectivity index (χ2n) is 5.81. The van der Waals surface area contributed by atoms with Gasteiger partial charge in [0.05, 0.1) is 23.0 Å². The zero-order valence-corrected chi connectivity index (χ0v) is 13.2. The SMILES string of the molecule is Cc1[c]cc(-c2ccc(C(F)(F)F)cc2)n1-c1ccc2cn[nH]c2c1. The summed E-state index contributed by atoms with van der Waals surface area (Å²) in [5.41, 5.74) is 3.48. The van der Waals surface area contributed by atoms with Gasteiger partial charge in [0, 0.05) is 22.8 Å².